The van der Waals surface area contributed by atoms with Gasteiger partial charge in [0.1, 0.15) is 0 Å². The number of hydrogen-bond donors (Lipinski definition) is 3. The molecule has 0 amide bonds. The molecule has 1 aliphatic rings. The largest absolute Gasteiger partial charge is 0.379 e. The van der Waals surface area contributed by atoms with Crippen LogP contribution in [0.15, 0.2) is 0 Å². The van der Waals surface area contributed by atoms with E-state index in [0.29, 0.717) is 19.8 Å². The minimum Gasteiger partial charge on any atom is -0.379 e. The van der Waals surface area contributed by atoms with Gasteiger partial charge < -0.3 is 15.5 Å². The molecule has 0 bridgehead atoms. The maximum absolute atomic E-state index is 14.0. The smallest absolute Gasteiger partial charge is 0.226 e. The van der Waals surface area contributed by atoms with Gasteiger partial charge in [-0.1, -0.05) is 0 Å². The lowest BCUT2D eigenvalue weighted by molar-refractivity contribution is -0.00572. The Labute approximate surface area is 128 Å². The number of halogens is 2. The van der Waals surface area contributed by atoms with Crippen molar-refractivity contribution in [2.24, 2.45) is 5.84 Å². The molecule has 2 heterocycles. The van der Waals surface area contributed by atoms with Crippen molar-refractivity contribution in [2.75, 3.05) is 43.6 Å². The Morgan fingerprint density at radius 3 is 2.57 bits per heavy atom. The van der Waals surface area contributed by atoms with E-state index in [9.17, 15) is 4.39 Å². The molecule has 9 heteroatoms. The summed E-state index contributed by atoms with van der Waals surface area (Å²) in [5.74, 6) is 4.44. The lowest BCUT2D eigenvalue weighted by Crippen LogP contribution is -2.53. The van der Waals surface area contributed by atoms with Crippen molar-refractivity contribution < 1.29 is 9.13 Å². The zero-order valence-electron chi connectivity index (χ0n) is 12.1. The third-order valence-corrected chi connectivity index (χ3v) is 3.69. The minimum atomic E-state index is -0.653. The van der Waals surface area contributed by atoms with Gasteiger partial charge in [-0.2, -0.15) is 14.4 Å². The van der Waals surface area contributed by atoms with Gasteiger partial charge in [-0.05, 0) is 25.4 Å². The number of hydrogen-bond acceptors (Lipinski definition) is 7. The first-order chi connectivity index (χ1) is 9.94. The molecule has 1 aliphatic heterocycles. The molecule has 0 saturated carbocycles. The second kappa shape index (κ2) is 6.69. The highest BCUT2D eigenvalue weighted by Gasteiger charge is 2.28. The van der Waals surface area contributed by atoms with Crippen LogP contribution in [0.1, 0.15) is 13.8 Å². The molecule has 1 aromatic heterocycles. The molecule has 0 spiro atoms. The molecule has 1 fully saturated rings. The second-order valence-electron chi connectivity index (χ2n) is 5.41. The molecule has 7 nitrogen and oxygen atoms in total. The van der Waals surface area contributed by atoms with Crippen LogP contribution in [0.5, 0.6) is 0 Å². The Morgan fingerprint density at radius 2 is 1.95 bits per heavy atom. The number of rotatable bonds is 5. The molecular formula is C12H20ClFN6O. The molecule has 2 rings (SSSR count). The lowest BCUT2D eigenvalue weighted by Gasteiger charge is -2.41. The van der Waals surface area contributed by atoms with Gasteiger partial charge in [-0.15, -0.1) is 0 Å². The summed E-state index contributed by atoms with van der Waals surface area (Å²) in [6.45, 7) is 7.76. The van der Waals surface area contributed by atoms with Crippen LogP contribution in [0.25, 0.3) is 0 Å². The Bertz CT molecular complexity index is 495. The van der Waals surface area contributed by atoms with E-state index >= 15 is 0 Å². The SMILES string of the molecule is CC(C)(CNc1nc(Cl)nc(NN)c1F)N1CCOCC1. The van der Waals surface area contributed by atoms with Crippen LogP contribution in [0.2, 0.25) is 5.28 Å². The van der Waals surface area contributed by atoms with Crippen molar-refractivity contribution >= 4 is 23.2 Å². The molecular weight excluding hydrogens is 299 g/mol. The van der Waals surface area contributed by atoms with Crippen molar-refractivity contribution in [1.82, 2.24) is 14.9 Å². The summed E-state index contributed by atoms with van der Waals surface area (Å²) in [6.07, 6.45) is 0. The molecule has 0 radical (unpaired) electrons. The number of ether oxygens (including phenoxy) is 1. The summed E-state index contributed by atoms with van der Waals surface area (Å²) in [5.41, 5.74) is 1.98. The first kappa shape index (κ1) is 16.2. The molecule has 0 aromatic carbocycles. The van der Waals surface area contributed by atoms with E-state index in [1.54, 1.807) is 0 Å². The third-order valence-electron chi connectivity index (χ3n) is 3.52. The molecule has 1 saturated heterocycles. The summed E-state index contributed by atoms with van der Waals surface area (Å²) in [7, 11) is 0. The number of nitrogens with two attached hydrogens (primary N) is 1. The van der Waals surface area contributed by atoms with Crippen LogP contribution >= 0.6 is 11.6 Å². The van der Waals surface area contributed by atoms with E-state index in [2.05, 4.69) is 39.5 Å². The molecule has 118 valence electrons. The quantitative estimate of drug-likeness (QED) is 0.425. The molecule has 21 heavy (non-hydrogen) atoms. The number of hydrazine groups is 1. The van der Waals surface area contributed by atoms with Gasteiger partial charge in [0.25, 0.3) is 0 Å². The van der Waals surface area contributed by atoms with Crippen LogP contribution < -0.4 is 16.6 Å². The van der Waals surface area contributed by atoms with Crippen molar-refractivity contribution in [2.45, 2.75) is 19.4 Å². The molecule has 0 unspecified atom stereocenters. The molecule has 4 N–H and O–H groups in total. The third kappa shape index (κ3) is 3.91. The maximum Gasteiger partial charge on any atom is 0.226 e. The number of anilines is 2. The Hall–Kier alpha value is -1.22. The first-order valence-corrected chi connectivity index (χ1v) is 7.08. The highest BCUT2D eigenvalue weighted by molar-refractivity contribution is 6.28. The number of nitrogen functional groups attached to an aromatic ring is 1. The highest BCUT2D eigenvalue weighted by Crippen LogP contribution is 2.22. The second-order valence-corrected chi connectivity index (χ2v) is 5.75. The average molecular weight is 319 g/mol. The summed E-state index contributed by atoms with van der Waals surface area (Å²) >= 11 is 5.75. The monoisotopic (exact) mass is 318 g/mol. The average Bonchev–Trinajstić information content (AvgIpc) is 2.48. The predicted molar refractivity (Wildman–Crippen MR) is 79.8 cm³/mol. The Kier molecular flexibility index (Phi) is 5.15. The minimum absolute atomic E-state index is 0.0317. The Morgan fingerprint density at radius 1 is 1.33 bits per heavy atom. The van der Waals surface area contributed by atoms with Crippen molar-refractivity contribution in [3.05, 3.63) is 11.1 Å². The van der Waals surface area contributed by atoms with Crippen LogP contribution in [-0.4, -0.2) is 53.3 Å². The van der Waals surface area contributed by atoms with E-state index in [1.807, 2.05) is 0 Å². The first-order valence-electron chi connectivity index (χ1n) is 6.70. The number of aromatic nitrogens is 2. The lowest BCUT2D eigenvalue weighted by atomic mass is 10.0. The summed E-state index contributed by atoms with van der Waals surface area (Å²) < 4.78 is 19.4. The topological polar surface area (TPSA) is 88.3 Å². The van der Waals surface area contributed by atoms with Gasteiger partial charge in [0.15, 0.2) is 11.6 Å². The van der Waals surface area contributed by atoms with E-state index < -0.39 is 5.82 Å². The van der Waals surface area contributed by atoms with Gasteiger partial charge >= 0.3 is 0 Å². The molecule has 0 aliphatic carbocycles. The van der Waals surface area contributed by atoms with E-state index in [-0.39, 0.29) is 22.5 Å². The van der Waals surface area contributed by atoms with Gasteiger partial charge in [0.05, 0.1) is 13.2 Å². The fourth-order valence-electron chi connectivity index (χ4n) is 2.21. The van der Waals surface area contributed by atoms with Gasteiger partial charge in [0, 0.05) is 25.2 Å². The highest BCUT2D eigenvalue weighted by atomic mass is 35.5. The van der Waals surface area contributed by atoms with Crippen molar-refractivity contribution in [1.29, 1.82) is 0 Å². The fraction of sp³-hybridized carbons (Fsp3) is 0.667. The number of nitrogens with zero attached hydrogens (tertiary/aromatic N) is 3. The van der Waals surface area contributed by atoms with Gasteiger partial charge in [-0.25, -0.2) is 5.84 Å². The fourth-order valence-corrected chi connectivity index (χ4v) is 2.38. The predicted octanol–water partition coefficient (Wildman–Crippen LogP) is 1.08. The number of morpholine rings is 1. The zero-order valence-corrected chi connectivity index (χ0v) is 12.9. The van der Waals surface area contributed by atoms with E-state index in [0.717, 1.165) is 13.1 Å². The van der Waals surface area contributed by atoms with Gasteiger partial charge in [-0.3, -0.25) is 4.90 Å². The van der Waals surface area contributed by atoms with Gasteiger partial charge in [0.2, 0.25) is 11.1 Å². The standard InChI is InChI=1S/C12H20ClFN6O/c1-12(2,20-3-5-21-6-4-20)7-16-9-8(14)10(19-15)18-11(13)17-9/h3-7,15H2,1-2H3,(H2,16,17,18,19). The van der Waals surface area contributed by atoms with Crippen molar-refractivity contribution in [3.63, 3.8) is 0 Å². The Balaban J connectivity index is 2.06. The van der Waals surface area contributed by atoms with Crippen LogP contribution in [0.3, 0.4) is 0 Å². The van der Waals surface area contributed by atoms with Crippen LogP contribution in [0, 0.1) is 5.82 Å². The summed E-state index contributed by atoms with van der Waals surface area (Å²) in [5, 5.41) is 2.90. The summed E-state index contributed by atoms with van der Waals surface area (Å²) in [4.78, 5) is 9.81. The number of nitrogens with one attached hydrogen (secondary N) is 2. The van der Waals surface area contributed by atoms with Crippen molar-refractivity contribution in [3.8, 4) is 0 Å². The van der Waals surface area contributed by atoms with E-state index in [1.165, 1.54) is 0 Å². The van der Waals surface area contributed by atoms with Crippen LogP contribution in [0.4, 0.5) is 16.0 Å². The molecule has 0 atom stereocenters. The zero-order chi connectivity index (χ0) is 15.5. The van der Waals surface area contributed by atoms with E-state index in [4.69, 9.17) is 22.2 Å². The summed E-state index contributed by atoms with van der Waals surface area (Å²) in [6, 6.07) is 0. The van der Waals surface area contributed by atoms with Crippen LogP contribution in [-0.2, 0) is 4.74 Å². The maximum atomic E-state index is 14.0. The molecule has 1 aromatic rings. The normalized spacial score (nSPS) is 16.8.